The molecule has 0 saturated carbocycles. The quantitative estimate of drug-likeness (QED) is 0.818. The third kappa shape index (κ3) is 1.98. The molecule has 0 heterocycles. The molecule has 12 heavy (non-hydrogen) atoms. The number of halogens is 1. The van der Waals surface area contributed by atoms with Crippen LogP contribution in [0.5, 0.6) is 0 Å². The van der Waals surface area contributed by atoms with Crippen LogP contribution in [0.3, 0.4) is 0 Å². The van der Waals surface area contributed by atoms with Gasteiger partial charge in [0.05, 0.1) is 0 Å². The Kier molecular flexibility index (Phi) is 3.53. The zero-order chi connectivity index (χ0) is 9.14. The molecule has 0 bridgehead atoms. The molecule has 1 rings (SSSR count). The van der Waals surface area contributed by atoms with Crippen molar-refractivity contribution in [2.75, 3.05) is 7.05 Å². The van der Waals surface area contributed by atoms with Gasteiger partial charge in [-0.15, -0.1) is 0 Å². The molecule has 0 aromatic heterocycles. The summed E-state index contributed by atoms with van der Waals surface area (Å²) in [5, 5.41) is 3.25. The molecule has 0 fully saturated rings. The van der Waals surface area contributed by atoms with E-state index in [2.05, 4.69) is 60.0 Å². The molecule has 0 aliphatic carbocycles. The van der Waals surface area contributed by atoms with Gasteiger partial charge in [-0.1, -0.05) is 12.1 Å². The second kappa shape index (κ2) is 4.23. The predicted octanol–water partition coefficient (Wildman–Crippen LogP) is 2.88. The summed E-state index contributed by atoms with van der Waals surface area (Å²) in [5.41, 5.74) is 2.78. The standard InChI is InChI=1S/C10H14IN/c1-7-9(8(2)12-3)5-4-6-10(7)11/h4-6,8,12H,1-3H3/t8-/m0/s1. The average molecular weight is 275 g/mol. The Bertz CT molecular complexity index is 271. The lowest BCUT2D eigenvalue weighted by molar-refractivity contribution is 0.648. The maximum atomic E-state index is 3.25. The summed E-state index contributed by atoms with van der Waals surface area (Å²) in [6.07, 6.45) is 0. The number of nitrogens with one attached hydrogen (secondary N) is 1. The first-order chi connectivity index (χ1) is 5.66. The first-order valence-electron chi connectivity index (χ1n) is 4.09. The van der Waals surface area contributed by atoms with E-state index >= 15 is 0 Å². The van der Waals surface area contributed by atoms with E-state index in [4.69, 9.17) is 0 Å². The van der Waals surface area contributed by atoms with Crippen molar-refractivity contribution in [3.8, 4) is 0 Å². The van der Waals surface area contributed by atoms with E-state index in [1.54, 1.807) is 0 Å². The SMILES string of the molecule is CN[C@@H](C)c1cccc(I)c1C. The van der Waals surface area contributed by atoms with Crippen molar-refractivity contribution in [2.24, 2.45) is 0 Å². The van der Waals surface area contributed by atoms with Gasteiger partial charge in [0.1, 0.15) is 0 Å². The first-order valence-corrected chi connectivity index (χ1v) is 5.17. The molecule has 1 aromatic rings. The molecule has 1 nitrogen and oxygen atoms in total. The Morgan fingerprint density at radius 3 is 2.67 bits per heavy atom. The maximum absolute atomic E-state index is 3.25. The van der Waals surface area contributed by atoms with Gasteiger partial charge in [0.25, 0.3) is 0 Å². The van der Waals surface area contributed by atoms with E-state index < -0.39 is 0 Å². The van der Waals surface area contributed by atoms with Gasteiger partial charge in [-0.3, -0.25) is 0 Å². The molecular weight excluding hydrogens is 261 g/mol. The number of hydrogen-bond acceptors (Lipinski definition) is 1. The Morgan fingerprint density at radius 1 is 1.42 bits per heavy atom. The van der Waals surface area contributed by atoms with E-state index in [9.17, 15) is 0 Å². The van der Waals surface area contributed by atoms with Crippen LogP contribution in [-0.4, -0.2) is 7.05 Å². The molecule has 1 aromatic carbocycles. The summed E-state index contributed by atoms with van der Waals surface area (Å²) in [6.45, 7) is 4.35. The van der Waals surface area contributed by atoms with E-state index in [1.165, 1.54) is 14.7 Å². The van der Waals surface area contributed by atoms with Gasteiger partial charge in [0, 0.05) is 9.61 Å². The molecule has 0 amide bonds. The molecule has 1 N–H and O–H groups in total. The Labute approximate surface area is 87.7 Å². The van der Waals surface area contributed by atoms with E-state index in [0.29, 0.717) is 6.04 Å². The molecule has 0 aliphatic heterocycles. The minimum absolute atomic E-state index is 0.444. The van der Waals surface area contributed by atoms with E-state index in [0.717, 1.165) is 0 Å². The highest BCUT2D eigenvalue weighted by molar-refractivity contribution is 14.1. The van der Waals surface area contributed by atoms with Gasteiger partial charge in [-0.05, 0) is 60.7 Å². The molecule has 66 valence electrons. The molecule has 0 aliphatic rings. The Hall–Kier alpha value is -0.0900. The highest BCUT2D eigenvalue weighted by Crippen LogP contribution is 2.21. The molecule has 0 unspecified atom stereocenters. The lowest BCUT2D eigenvalue weighted by Gasteiger charge is -2.14. The van der Waals surface area contributed by atoms with Crippen LogP contribution in [0.2, 0.25) is 0 Å². The van der Waals surface area contributed by atoms with Crippen LogP contribution in [0.4, 0.5) is 0 Å². The molecule has 0 spiro atoms. The smallest absolute Gasteiger partial charge is 0.0292 e. The normalized spacial score (nSPS) is 13.0. The van der Waals surface area contributed by atoms with Crippen molar-refractivity contribution < 1.29 is 0 Å². The second-order valence-corrected chi connectivity index (χ2v) is 4.13. The van der Waals surface area contributed by atoms with Gasteiger partial charge >= 0.3 is 0 Å². The minimum atomic E-state index is 0.444. The summed E-state index contributed by atoms with van der Waals surface area (Å²) in [5.74, 6) is 0. The third-order valence-electron chi connectivity index (χ3n) is 2.21. The van der Waals surface area contributed by atoms with Crippen molar-refractivity contribution in [2.45, 2.75) is 19.9 Å². The largest absolute Gasteiger partial charge is 0.313 e. The molecule has 0 radical (unpaired) electrons. The lowest BCUT2D eigenvalue weighted by atomic mass is 10.0. The highest BCUT2D eigenvalue weighted by atomic mass is 127. The zero-order valence-electron chi connectivity index (χ0n) is 7.69. The summed E-state index contributed by atoms with van der Waals surface area (Å²) < 4.78 is 1.34. The van der Waals surface area contributed by atoms with Crippen LogP contribution in [-0.2, 0) is 0 Å². The van der Waals surface area contributed by atoms with Gasteiger partial charge < -0.3 is 5.32 Å². The van der Waals surface area contributed by atoms with E-state index in [-0.39, 0.29) is 0 Å². The fourth-order valence-corrected chi connectivity index (χ4v) is 1.77. The fourth-order valence-electron chi connectivity index (χ4n) is 1.25. The van der Waals surface area contributed by atoms with E-state index in [1.807, 2.05) is 7.05 Å². The van der Waals surface area contributed by atoms with Crippen LogP contribution in [0.25, 0.3) is 0 Å². The second-order valence-electron chi connectivity index (χ2n) is 2.96. The molecule has 2 heteroatoms. The van der Waals surface area contributed by atoms with Gasteiger partial charge in [-0.25, -0.2) is 0 Å². The van der Waals surface area contributed by atoms with Gasteiger partial charge in [0.15, 0.2) is 0 Å². The summed E-state index contributed by atoms with van der Waals surface area (Å²) in [7, 11) is 1.99. The van der Waals surface area contributed by atoms with Crippen LogP contribution < -0.4 is 5.32 Å². The maximum Gasteiger partial charge on any atom is 0.0292 e. The molecule has 0 saturated heterocycles. The number of hydrogen-bond donors (Lipinski definition) is 1. The van der Waals surface area contributed by atoms with Crippen molar-refractivity contribution in [1.82, 2.24) is 5.32 Å². The van der Waals surface area contributed by atoms with Crippen molar-refractivity contribution in [3.05, 3.63) is 32.9 Å². The van der Waals surface area contributed by atoms with Crippen LogP contribution in [0.1, 0.15) is 24.1 Å². The first kappa shape index (κ1) is 9.99. The predicted molar refractivity (Wildman–Crippen MR) is 61.4 cm³/mol. The van der Waals surface area contributed by atoms with Crippen molar-refractivity contribution in [3.63, 3.8) is 0 Å². The summed E-state index contributed by atoms with van der Waals surface area (Å²) >= 11 is 2.37. The number of benzene rings is 1. The van der Waals surface area contributed by atoms with Crippen molar-refractivity contribution >= 4 is 22.6 Å². The van der Waals surface area contributed by atoms with Crippen molar-refractivity contribution in [1.29, 1.82) is 0 Å². The lowest BCUT2D eigenvalue weighted by Crippen LogP contribution is -2.13. The van der Waals surface area contributed by atoms with Crippen LogP contribution in [0.15, 0.2) is 18.2 Å². The fraction of sp³-hybridized carbons (Fsp3) is 0.400. The minimum Gasteiger partial charge on any atom is -0.313 e. The number of rotatable bonds is 2. The average Bonchev–Trinajstić information content (AvgIpc) is 2.08. The topological polar surface area (TPSA) is 12.0 Å². The summed E-state index contributed by atoms with van der Waals surface area (Å²) in [6, 6.07) is 6.87. The third-order valence-corrected chi connectivity index (χ3v) is 3.38. The Morgan fingerprint density at radius 2 is 2.08 bits per heavy atom. The van der Waals surface area contributed by atoms with Crippen LogP contribution in [0, 0.1) is 10.5 Å². The Balaban J connectivity index is 3.07. The molecular formula is C10H14IN. The highest BCUT2D eigenvalue weighted by Gasteiger charge is 2.06. The summed E-state index contributed by atoms with van der Waals surface area (Å²) in [4.78, 5) is 0. The van der Waals surface area contributed by atoms with Crippen LogP contribution >= 0.6 is 22.6 Å². The molecule has 1 atom stereocenters. The monoisotopic (exact) mass is 275 g/mol. The van der Waals surface area contributed by atoms with Gasteiger partial charge in [-0.2, -0.15) is 0 Å². The van der Waals surface area contributed by atoms with Gasteiger partial charge in [0.2, 0.25) is 0 Å². The zero-order valence-corrected chi connectivity index (χ0v) is 9.84.